The number of hydrogen-bond donors (Lipinski definition) is 1. The van der Waals surface area contributed by atoms with E-state index in [9.17, 15) is 0 Å². The molecule has 2 N–H and O–H groups in total. The number of hydrogen-bond acceptors (Lipinski definition) is 4. The van der Waals surface area contributed by atoms with Crippen LogP contribution >= 0.6 is 12.2 Å². The van der Waals surface area contributed by atoms with Crippen molar-refractivity contribution in [3.63, 3.8) is 0 Å². The molecule has 1 aliphatic rings. The Labute approximate surface area is 100 Å². The number of nitrogens with two attached hydrogens (primary N) is 1. The standard InChI is InChI=1S/C11H15N3OS/c1-8-2-3-10(13-6-8)14-4-5-15-9(7-14)11(12)16/h2-3,6,9H,4-5,7H2,1H3,(H2,12,16). The Morgan fingerprint density at radius 1 is 1.62 bits per heavy atom. The normalized spacial score (nSPS) is 20.8. The molecule has 0 saturated carbocycles. The van der Waals surface area contributed by atoms with Crippen molar-refractivity contribution in [1.82, 2.24) is 4.98 Å². The molecule has 1 aliphatic heterocycles. The van der Waals surface area contributed by atoms with E-state index in [1.165, 1.54) is 0 Å². The third-order valence-corrected chi connectivity index (χ3v) is 2.87. The number of nitrogens with zero attached hydrogens (tertiary/aromatic N) is 2. The first-order valence-electron chi connectivity index (χ1n) is 5.25. The second-order valence-electron chi connectivity index (χ2n) is 3.90. The van der Waals surface area contributed by atoms with Gasteiger partial charge in [-0.1, -0.05) is 18.3 Å². The molecule has 16 heavy (non-hydrogen) atoms. The van der Waals surface area contributed by atoms with Crippen LogP contribution in [0.25, 0.3) is 0 Å². The average Bonchev–Trinajstić information content (AvgIpc) is 2.30. The second kappa shape index (κ2) is 4.76. The highest BCUT2D eigenvalue weighted by atomic mass is 32.1. The Morgan fingerprint density at radius 3 is 3.06 bits per heavy atom. The van der Waals surface area contributed by atoms with Gasteiger partial charge in [0, 0.05) is 12.7 Å². The average molecular weight is 237 g/mol. The lowest BCUT2D eigenvalue weighted by Crippen LogP contribution is -2.48. The van der Waals surface area contributed by atoms with Crippen molar-refractivity contribution in [2.45, 2.75) is 13.0 Å². The molecule has 1 atom stereocenters. The number of ether oxygens (including phenoxy) is 1. The van der Waals surface area contributed by atoms with Gasteiger partial charge in [-0.15, -0.1) is 0 Å². The van der Waals surface area contributed by atoms with Crippen LogP contribution in [0, 0.1) is 6.92 Å². The van der Waals surface area contributed by atoms with Crippen molar-refractivity contribution in [1.29, 1.82) is 0 Å². The van der Waals surface area contributed by atoms with Crippen molar-refractivity contribution >= 4 is 23.0 Å². The molecular formula is C11H15N3OS. The molecule has 0 aliphatic carbocycles. The zero-order chi connectivity index (χ0) is 11.5. The highest BCUT2D eigenvalue weighted by Gasteiger charge is 2.23. The van der Waals surface area contributed by atoms with E-state index in [4.69, 9.17) is 22.7 Å². The Morgan fingerprint density at radius 2 is 2.44 bits per heavy atom. The monoisotopic (exact) mass is 237 g/mol. The maximum atomic E-state index is 5.59. The molecule has 4 nitrogen and oxygen atoms in total. The predicted molar refractivity (Wildman–Crippen MR) is 67.7 cm³/mol. The minimum atomic E-state index is -0.160. The lowest BCUT2D eigenvalue weighted by molar-refractivity contribution is 0.0844. The maximum Gasteiger partial charge on any atom is 0.128 e. The number of morpholine rings is 1. The smallest absolute Gasteiger partial charge is 0.128 e. The molecule has 86 valence electrons. The van der Waals surface area contributed by atoms with Gasteiger partial charge in [-0.05, 0) is 18.6 Å². The van der Waals surface area contributed by atoms with Gasteiger partial charge >= 0.3 is 0 Å². The first kappa shape index (κ1) is 11.3. The molecule has 0 spiro atoms. The summed E-state index contributed by atoms with van der Waals surface area (Å²) >= 11 is 4.94. The highest BCUT2D eigenvalue weighted by Crippen LogP contribution is 2.15. The molecule has 0 aromatic carbocycles. The van der Waals surface area contributed by atoms with E-state index in [2.05, 4.69) is 9.88 Å². The summed E-state index contributed by atoms with van der Waals surface area (Å²) in [6.07, 6.45) is 1.70. The van der Waals surface area contributed by atoms with Gasteiger partial charge in [0.1, 0.15) is 16.9 Å². The van der Waals surface area contributed by atoms with E-state index >= 15 is 0 Å². The van der Waals surface area contributed by atoms with Gasteiger partial charge in [-0.3, -0.25) is 0 Å². The summed E-state index contributed by atoms with van der Waals surface area (Å²) in [6.45, 7) is 4.17. The summed E-state index contributed by atoms with van der Waals surface area (Å²) in [5.74, 6) is 0.954. The maximum absolute atomic E-state index is 5.59. The van der Waals surface area contributed by atoms with Crippen molar-refractivity contribution in [2.75, 3.05) is 24.6 Å². The van der Waals surface area contributed by atoms with Crippen LogP contribution in [-0.4, -0.2) is 35.8 Å². The summed E-state index contributed by atoms with van der Waals surface area (Å²) < 4.78 is 5.48. The summed E-state index contributed by atoms with van der Waals surface area (Å²) in [5, 5.41) is 0. The van der Waals surface area contributed by atoms with Crippen molar-refractivity contribution in [3.05, 3.63) is 23.9 Å². The first-order chi connectivity index (χ1) is 7.66. The molecule has 5 heteroatoms. The van der Waals surface area contributed by atoms with Gasteiger partial charge in [0.25, 0.3) is 0 Å². The zero-order valence-electron chi connectivity index (χ0n) is 9.22. The van der Waals surface area contributed by atoms with Gasteiger partial charge in [-0.2, -0.15) is 0 Å². The van der Waals surface area contributed by atoms with Crippen LogP contribution in [0.2, 0.25) is 0 Å². The van der Waals surface area contributed by atoms with Crippen molar-refractivity contribution in [2.24, 2.45) is 5.73 Å². The molecular weight excluding hydrogens is 222 g/mol. The fourth-order valence-electron chi connectivity index (χ4n) is 1.68. The Kier molecular flexibility index (Phi) is 3.36. The van der Waals surface area contributed by atoms with Crippen molar-refractivity contribution in [3.8, 4) is 0 Å². The molecule has 1 aromatic heterocycles. The molecule has 1 saturated heterocycles. The summed E-state index contributed by atoms with van der Waals surface area (Å²) in [5.41, 5.74) is 6.75. The van der Waals surface area contributed by atoms with Crippen LogP contribution in [0.4, 0.5) is 5.82 Å². The molecule has 0 amide bonds. The van der Waals surface area contributed by atoms with E-state index in [1.807, 2.05) is 25.3 Å². The number of rotatable bonds is 2. The first-order valence-corrected chi connectivity index (χ1v) is 5.66. The second-order valence-corrected chi connectivity index (χ2v) is 4.37. The molecule has 0 bridgehead atoms. The SMILES string of the molecule is Cc1ccc(N2CCOC(C(N)=S)C2)nc1. The molecule has 1 aromatic rings. The molecule has 2 heterocycles. The fourth-order valence-corrected chi connectivity index (χ4v) is 1.82. The van der Waals surface area contributed by atoms with E-state index in [1.54, 1.807) is 0 Å². The van der Waals surface area contributed by atoms with Crippen LogP contribution < -0.4 is 10.6 Å². The minimum absolute atomic E-state index is 0.160. The fraction of sp³-hybridized carbons (Fsp3) is 0.455. The van der Waals surface area contributed by atoms with Gasteiger partial charge in [-0.25, -0.2) is 4.98 Å². The Bertz CT molecular complexity index is 379. The van der Waals surface area contributed by atoms with Gasteiger partial charge in [0.2, 0.25) is 0 Å². The minimum Gasteiger partial charge on any atom is -0.391 e. The third-order valence-electron chi connectivity index (χ3n) is 2.60. The third kappa shape index (κ3) is 2.48. The van der Waals surface area contributed by atoms with Crippen LogP contribution in [-0.2, 0) is 4.74 Å². The summed E-state index contributed by atoms with van der Waals surface area (Å²) in [6, 6.07) is 4.06. The lowest BCUT2D eigenvalue weighted by atomic mass is 10.2. The molecule has 1 fully saturated rings. The van der Waals surface area contributed by atoms with Crippen LogP contribution in [0.15, 0.2) is 18.3 Å². The van der Waals surface area contributed by atoms with E-state index in [0.717, 1.165) is 17.9 Å². The van der Waals surface area contributed by atoms with Gasteiger partial charge < -0.3 is 15.4 Å². The number of anilines is 1. The van der Waals surface area contributed by atoms with E-state index < -0.39 is 0 Å². The van der Waals surface area contributed by atoms with Gasteiger partial charge in [0.15, 0.2) is 0 Å². The summed E-state index contributed by atoms with van der Waals surface area (Å²) in [4.78, 5) is 6.94. The Balaban J connectivity index is 2.09. The number of aromatic nitrogens is 1. The van der Waals surface area contributed by atoms with Crippen LogP contribution in [0.1, 0.15) is 5.56 Å². The van der Waals surface area contributed by atoms with Gasteiger partial charge in [0.05, 0.1) is 13.2 Å². The van der Waals surface area contributed by atoms with Crippen molar-refractivity contribution < 1.29 is 4.74 Å². The zero-order valence-corrected chi connectivity index (χ0v) is 10.0. The Hall–Kier alpha value is -1.20. The largest absolute Gasteiger partial charge is 0.391 e. The molecule has 0 radical (unpaired) electrons. The van der Waals surface area contributed by atoms with E-state index in [0.29, 0.717) is 18.1 Å². The molecule has 2 rings (SSSR count). The number of pyridine rings is 1. The summed E-state index contributed by atoms with van der Waals surface area (Å²) in [7, 11) is 0. The topological polar surface area (TPSA) is 51.4 Å². The molecule has 1 unspecified atom stereocenters. The lowest BCUT2D eigenvalue weighted by Gasteiger charge is -2.33. The van der Waals surface area contributed by atoms with E-state index in [-0.39, 0.29) is 6.10 Å². The van der Waals surface area contributed by atoms with Crippen LogP contribution in [0.5, 0.6) is 0 Å². The predicted octanol–water partition coefficient (Wildman–Crippen LogP) is 0.881. The van der Waals surface area contributed by atoms with Crippen LogP contribution in [0.3, 0.4) is 0 Å². The number of aryl methyl sites for hydroxylation is 1. The quantitative estimate of drug-likeness (QED) is 0.774. The number of thiocarbonyl (C=S) groups is 1. The highest BCUT2D eigenvalue weighted by molar-refractivity contribution is 7.80.